The molecule has 1 amide bonds. The number of carbonyl (C=O) groups excluding carboxylic acids is 1. The number of carbonyl (C=O) groups is 1. The summed E-state index contributed by atoms with van der Waals surface area (Å²) in [6.45, 7) is 0.692. The van der Waals surface area contributed by atoms with Crippen LogP contribution in [0.3, 0.4) is 0 Å². The first kappa shape index (κ1) is 24.6. The van der Waals surface area contributed by atoms with Crippen LogP contribution in [0.1, 0.15) is 37.7 Å². The normalized spacial score (nSPS) is 16.0. The number of nitrogens with zero attached hydrogens (tertiary/aromatic N) is 2. The van der Waals surface area contributed by atoms with Crippen LogP contribution in [0.25, 0.3) is 0 Å². The van der Waals surface area contributed by atoms with Crippen molar-refractivity contribution in [3.05, 3.63) is 29.8 Å². The molecule has 1 aliphatic heterocycles. The summed E-state index contributed by atoms with van der Waals surface area (Å²) in [6.07, 6.45) is -0.282. The van der Waals surface area contributed by atoms with Gasteiger partial charge in [-0.05, 0) is 57.0 Å². The van der Waals surface area contributed by atoms with Crippen LogP contribution >= 0.6 is 0 Å². The molecule has 0 saturated carbocycles. The summed E-state index contributed by atoms with van der Waals surface area (Å²) < 4.78 is 63.5. The predicted molar refractivity (Wildman–Crippen MR) is 109 cm³/mol. The molecule has 0 bridgehead atoms. The summed E-state index contributed by atoms with van der Waals surface area (Å²) in [5.74, 6) is -0.182. The van der Waals surface area contributed by atoms with E-state index in [2.05, 4.69) is 5.32 Å². The molecule has 0 atom stereocenters. The fourth-order valence-electron chi connectivity index (χ4n) is 3.39. The van der Waals surface area contributed by atoms with Crippen molar-refractivity contribution < 1.29 is 26.4 Å². The lowest BCUT2D eigenvalue weighted by Gasteiger charge is -2.25. The lowest BCUT2D eigenvalue weighted by molar-refractivity contribution is -0.143. The van der Waals surface area contributed by atoms with E-state index in [0.29, 0.717) is 32.5 Å². The zero-order chi connectivity index (χ0) is 22.2. The van der Waals surface area contributed by atoms with Gasteiger partial charge < -0.3 is 5.32 Å². The average molecular weight is 450 g/mol. The summed E-state index contributed by atoms with van der Waals surface area (Å²) in [5, 5.41) is 2.70. The number of rotatable bonds is 10. The first-order valence-electron chi connectivity index (χ1n) is 10.2. The van der Waals surface area contributed by atoms with Crippen molar-refractivity contribution in [2.24, 2.45) is 0 Å². The van der Waals surface area contributed by atoms with Gasteiger partial charge in [0.15, 0.2) is 0 Å². The summed E-state index contributed by atoms with van der Waals surface area (Å²) in [4.78, 5) is 13.4. The van der Waals surface area contributed by atoms with Crippen molar-refractivity contribution in [2.45, 2.75) is 49.6 Å². The van der Waals surface area contributed by atoms with Gasteiger partial charge in [-0.1, -0.05) is 18.6 Å². The van der Waals surface area contributed by atoms with Crippen LogP contribution < -0.4 is 5.32 Å². The molecule has 1 aromatic rings. The summed E-state index contributed by atoms with van der Waals surface area (Å²) in [5.41, 5.74) is 0.854. The Labute approximate surface area is 176 Å². The third-order valence-electron chi connectivity index (χ3n) is 5.00. The third-order valence-corrected chi connectivity index (χ3v) is 6.92. The van der Waals surface area contributed by atoms with Crippen molar-refractivity contribution >= 4 is 15.9 Å². The maximum Gasteiger partial charge on any atom is 0.401 e. The predicted octanol–water partition coefficient (Wildman–Crippen LogP) is 2.79. The Morgan fingerprint density at radius 1 is 1.13 bits per heavy atom. The monoisotopic (exact) mass is 449 g/mol. The second-order valence-corrected chi connectivity index (χ2v) is 9.60. The molecule has 170 valence electrons. The summed E-state index contributed by atoms with van der Waals surface area (Å²) in [7, 11) is -2.07. The number of amides is 1. The van der Waals surface area contributed by atoms with Crippen molar-refractivity contribution in [2.75, 3.05) is 39.8 Å². The molecule has 1 aromatic carbocycles. The highest BCUT2D eigenvalue weighted by molar-refractivity contribution is 7.89. The van der Waals surface area contributed by atoms with Crippen LogP contribution in [0.4, 0.5) is 13.2 Å². The van der Waals surface area contributed by atoms with Crippen molar-refractivity contribution in [1.82, 2.24) is 14.5 Å². The van der Waals surface area contributed by atoms with E-state index in [0.717, 1.165) is 24.8 Å². The lowest BCUT2D eigenvalue weighted by Crippen LogP contribution is -2.35. The van der Waals surface area contributed by atoms with Crippen LogP contribution in [-0.4, -0.2) is 69.5 Å². The smallest absolute Gasteiger partial charge is 0.356 e. The maximum atomic E-state index is 12.6. The number of sulfonamides is 1. The molecule has 10 heteroatoms. The summed E-state index contributed by atoms with van der Waals surface area (Å²) >= 11 is 0. The Bertz CT molecular complexity index is 777. The molecule has 1 heterocycles. The molecular formula is C20H30F3N3O3S. The standard InChI is InChI=1S/C20H30F3N3O3S/c1-25(16-20(21,22)23)13-5-12-24-19(27)11-8-17-6-9-18(10-7-17)30(28,29)26-14-3-2-4-15-26/h6-7,9-10H,2-5,8,11-16H2,1H3,(H,24,27). The molecule has 2 rings (SSSR count). The number of hydrogen-bond donors (Lipinski definition) is 1. The quantitative estimate of drug-likeness (QED) is 0.558. The highest BCUT2D eigenvalue weighted by atomic mass is 32.2. The topological polar surface area (TPSA) is 69.7 Å². The number of nitrogens with one attached hydrogen (secondary N) is 1. The molecule has 6 nitrogen and oxygen atoms in total. The minimum Gasteiger partial charge on any atom is -0.356 e. The van der Waals surface area contributed by atoms with Crippen LogP contribution in [-0.2, 0) is 21.2 Å². The number of hydrogen-bond acceptors (Lipinski definition) is 4. The van der Waals surface area contributed by atoms with Gasteiger partial charge in [0.05, 0.1) is 11.4 Å². The molecule has 0 unspecified atom stereocenters. The van der Waals surface area contributed by atoms with Crippen LogP contribution in [0.2, 0.25) is 0 Å². The molecule has 0 aliphatic carbocycles. The van der Waals surface area contributed by atoms with Crippen molar-refractivity contribution in [3.63, 3.8) is 0 Å². The largest absolute Gasteiger partial charge is 0.401 e. The molecule has 1 fully saturated rings. The molecule has 0 aromatic heterocycles. The Balaban J connectivity index is 1.71. The minimum absolute atomic E-state index is 0.182. The van der Waals surface area contributed by atoms with Crippen LogP contribution in [0, 0.1) is 0 Å². The van der Waals surface area contributed by atoms with Crippen molar-refractivity contribution in [1.29, 1.82) is 0 Å². The highest BCUT2D eigenvalue weighted by Gasteiger charge is 2.29. The summed E-state index contributed by atoms with van der Waals surface area (Å²) in [6, 6.07) is 6.59. The Kier molecular flexibility index (Phi) is 9.11. The van der Waals surface area contributed by atoms with E-state index in [9.17, 15) is 26.4 Å². The fraction of sp³-hybridized carbons (Fsp3) is 0.650. The fourth-order valence-corrected chi connectivity index (χ4v) is 4.91. The first-order chi connectivity index (χ1) is 14.1. The molecule has 30 heavy (non-hydrogen) atoms. The molecular weight excluding hydrogens is 419 g/mol. The van der Waals surface area contributed by atoms with E-state index in [1.807, 2.05) is 0 Å². The molecule has 0 spiro atoms. The first-order valence-corrected chi connectivity index (χ1v) is 11.6. The highest BCUT2D eigenvalue weighted by Crippen LogP contribution is 2.21. The van der Waals surface area contributed by atoms with Gasteiger partial charge in [0.1, 0.15) is 0 Å². The van der Waals surface area contributed by atoms with Crippen molar-refractivity contribution in [3.8, 4) is 0 Å². The van der Waals surface area contributed by atoms with Crippen LogP contribution in [0.15, 0.2) is 29.2 Å². The lowest BCUT2D eigenvalue weighted by atomic mass is 10.1. The number of benzene rings is 1. The number of piperidine rings is 1. The Morgan fingerprint density at radius 2 is 1.77 bits per heavy atom. The van der Waals surface area contributed by atoms with E-state index in [1.54, 1.807) is 24.3 Å². The number of halogens is 3. The number of alkyl halides is 3. The van der Waals surface area contributed by atoms with E-state index < -0.39 is 22.7 Å². The van der Waals surface area contributed by atoms with Gasteiger partial charge in [0.2, 0.25) is 15.9 Å². The van der Waals surface area contributed by atoms with Crippen LogP contribution in [0.5, 0.6) is 0 Å². The van der Waals surface area contributed by atoms with E-state index in [-0.39, 0.29) is 23.8 Å². The Hall–Kier alpha value is -1.65. The zero-order valence-corrected chi connectivity index (χ0v) is 18.1. The van der Waals surface area contributed by atoms with Gasteiger partial charge in [-0.2, -0.15) is 17.5 Å². The number of aryl methyl sites for hydroxylation is 1. The van der Waals surface area contributed by atoms with E-state index in [4.69, 9.17) is 0 Å². The van der Waals surface area contributed by atoms with Gasteiger partial charge in [0.25, 0.3) is 0 Å². The van der Waals surface area contributed by atoms with Gasteiger partial charge in [-0.15, -0.1) is 0 Å². The maximum absolute atomic E-state index is 12.6. The second-order valence-electron chi connectivity index (χ2n) is 7.67. The molecule has 1 saturated heterocycles. The Morgan fingerprint density at radius 3 is 2.37 bits per heavy atom. The van der Waals surface area contributed by atoms with Gasteiger partial charge in [-0.25, -0.2) is 8.42 Å². The average Bonchev–Trinajstić information content (AvgIpc) is 2.69. The van der Waals surface area contributed by atoms with Gasteiger partial charge in [-0.3, -0.25) is 9.69 Å². The van der Waals surface area contributed by atoms with E-state index >= 15 is 0 Å². The second kappa shape index (κ2) is 11.1. The molecule has 0 radical (unpaired) electrons. The van der Waals surface area contributed by atoms with Gasteiger partial charge in [0, 0.05) is 26.1 Å². The minimum atomic E-state index is -4.22. The molecule has 1 N–H and O–H groups in total. The molecule has 1 aliphatic rings. The third kappa shape index (κ3) is 8.23. The SMILES string of the molecule is CN(CCCNC(=O)CCc1ccc(S(=O)(=O)N2CCCCC2)cc1)CC(F)(F)F. The zero-order valence-electron chi connectivity index (χ0n) is 17.2. The van der Waals surface area contributed by atoms with Gasteiger partial charge >= 0.3 is 6.18 Å². The van der Waals surface area contributed by atoms with E-state index in [1.165, 1.54) is 16.3 Å².